The summed E-state index contributed by atoms with van der Waals surface area (Å²) in [6.45, 7) is -0.0829. The van der Waals surface area contributed by atoms with Crippen LogP contribution in [0.4, 0.5) is 0 Å². The van der Waals surface area contributed by atoms with Gasteiger partial charge in [0, 0.05) is 11.3 Å². The van der Waals surface area contributed by atoms with E-state index in [1.807, 2.05) is 54.8 Å². The van der Waals surface area contributed by atoms with Gasteiger partial charge in [0.2, 0.25) is 11.0 Å². The van der Waals surface area contributed by atoms with Crippen molar-refractivity contribution >= 4 is 34.5 Å². The Morgan fingerprint density at radius 1 is 1.04 bits per heavy atom. The maximum absolute atomic E-state index is 12.9. The van der Waals surface area contributed by atoms with Crippen molar-refractivity contribution in [1.29, 1.82) is 0 Å². The second-order valence-electron chi connectivity index (χ2n) is 6.52. The Morgan fingerprint density at radius 3 is 2.29 bits per heavy atom. The molecule has 0 fully saturated rings. The third-order valence-corrected chi connectivity index (χ3v) is 6.07. The van der Waals surface area contributed by atoms with Crippen molar-refractivity contribution in [2.45, 2.75) is 18.9 Å². The molecule has 0 aromatic heterocycles. The van der Waals surface area contributed by atoms with Crippen LogP contribution in [0, 0.1) is 5.92 Å². The lowest BCUT2D eigenvalue weighted by molar-refractivity contribution is -0.125. The SMILES string of the molecule is CSCC[C@@H](CO)NC(=O)[C@@H](CSC(=O)c1ccccc1)Cc1ccccc1. The Hall–Kier alpha value is -1.76. The smallest absolute Gasteiger partial charge is 0.224 e. The summed E-state index contributed by atoms with van der Waals surface area (Å²) in [7, 11) is 0. The summed E-state index contributed by atoms with van der Waals surface area (Å²) >= 11 is 2.86. The molecular formula is C22H27NO3S2. The minimum atomic E-state index is -0.344. The Morgan fingerprint density at radius 2 is 1.68 bits per heavy atom. The zero-order valence-corrected chi connectivity index (χ0v) is 17.7. The third-order valence-electron chi connectivity index (χ3n) is 4.36. The van der Waals surface area contributed by atoms with Crippen molar-refractivity contribution in [3.05, 3.63) is 71.8 Å². The van der Waals surface area contributed by atoms with Crippen LogP contribution in [0.25, 0.3) is 0 Å². The fourth-order valence-electron chi connectivity index (χ4n) is 2.75. The van der Waals surface area contributed by atoms with E-state index >= 15 is 0 Å². The molecule has 0 bridgehead atoms. The highest BCUT2D eigenvalue weighted by Gasteiger charge is 2.23. The van der Waals surface area contributed by atoms with Gasteiger partial charge in [-0.3, -0.25) is 9.59 Å². The van der Waals surface area contributed by atoms with E-state index in [1.54, 1.807) is 23.9 Å². The van der Waals surface area contributed by atoms with E-state index in [0.717, 1.165) is 17.7 Å². The van der Waals surface area contributed by atoms with Crippen LogP contribution in [-0.2, 0) is 11.2 Å². The highest BCUT2D eigenvalue weighted by molar-refractivity contribution is 8.14. The van der Waals surface area contributed by atoms with Crippen molar-refractivity contribution in [3.8, 4) is 0 Å². The van der Waals surface area contributed by atoms with Crippen LogP contribution in [0.5, 0.6) is 0 Å². The highest BCUT2D eigenvalue weighted by atomic mass is 32.2. The first kappa shape index (κ1) is 22.5. The zero-order valence-electron chi connectivity index (χ0n) is 16.0. The normalized spacial score (nSPS) is 12.9. The molecular weight excluding hydrogens is 390 g/mol. The first-order valence-corrected chi connectivity index (χ1v) is 11.7. The fraction of sp³-hybridized carbons (Fsp3) is 0.364. The van der Waals surface area contributed by atoms with Gasteiger partial charge in [0.15, 0.2) is 0 Å². The molecule has 28 heavy (non-hydrogen) atoms. The number of nitrogens with one attached hydrogen (secondary N) is 1. The minimum Gasteiger partial charge on any atom is -0.394 e. The average molecular weight is 418 g/mol. The number of thioether (sulfide) groups is 2. The van der Waals surface area contributed by atoms with E-state index < -0.39 is 0 Å². The average Bonchev–Trinajstić information content (AvgIpc) is 2.75. The number of carbonyl (C=O) groups is 2. The highest BCUT2D eigenvalue weighted by Crippen LogP contribution is 2.19. The molecule has 0 unspecified atom stereocenters. The molecule has 0 aliphatic heterocycles. The number of aliphatic hydroxyl groups excluding tert-OH is 1. The molecule has 1 amide bonds. The molecule has 2 rings (SSSR count). The monoisotopic (exact) mass is 417 g/mol. The van der Waals surface area contributed by atoms with Gasteiger partial charge in [0.25, 0.3) is 0 Å². The van der Waals surface area contributed by atoms with Crippen molar-refractivity contribution in [2.24, 2.45) is 5.92 Å². The second-order valence-corrected chi connectivity index (χ2v) is 8.50. The Balaban J connectivity index is 2.03. The molecule has 0 saturated heterocycles. The number of benzene rings is 2. The number of hydrogen-bond acceptors (Lipinski definition) is 5. The van der Waals surface area contributed by atoms with Crippen molar-refractivity contribution in [1.82, 2.24) is 5.32 Å². The number of hydrogen-bond donors (Lipinski definition) is 2. The molecule has 6 heteroatoms. The fourth-order valence-corrected chi connectivity index (χ4v) is 4.19. The van der Waals surface area contributed by atoms with Gasteiger partial charge >= 0.3 is 0 Å². The van der Waals surface area contributed by atoms with E-state index in [4.69, 9.17) is 0 Å². The minimum absolute atomic E-state index is 0.0347. The van der Waals surface area contributed by atoms with Gasteiger partial charge < -0.3 is 10.4 Å². The van der Waals surface area contributed by atoms with Crippen LogP contribution >= 0.6 is 23.5 Å². The lowest BCUT2D eigenvalue weighted by Gasteiger charge is -2.21. The molecule has 2 N–H and O–H groups in total. The van der Waals surface area contributed by atoms with Crippen molar-refractivity contribution in [2.75, 3.05) is 24.4 Å². The van der Waals surface area contributed by atoms with Gasteiger partial charge in [-0.25, -0.2) is 0 Å². The topological polar surface area (TPSA) is 66.4 Å². The van der Waals surface area contributed by atoms with Crippen LogP contribution in [0.3, 0.4) is 0 Å². The summed E-state index contributed by atoms with van der Waals surface area (Å²) in [6.07, 6.45) is 3.28. The van der Waals surface area contributed by atoms with Crippen LogP contribution in [0.2, 0.25) is 0 Å². The molecule has 0 aliphatic carbocycles. The van der Waals surface area contributed by atoms with E-state index in [-0.39, 0.29) is 29.6 Å². The van der Waals surface area contributed by atoms with E-state index in [2.05, 4.69) is 5.32 Å². The van der Waals surface area contributed by atoms with Crippen molar-refractivity contribution in [3.63, 3.8) is 0 Å². The second kappa shape index (κ2) is 12.6. The summed E-state index contributed by atoms with van der Waals surface area (Å²) in [4.78, 5) is 25.3. The molecule has 0 spiro atoms. The molecule has 4 nitrogen and oxygen atoms in total. The summed E-state index contributed by atoms with van der Waals surface area (Å²) in [5, 5.41) is 12.5. The van der Waals surface area contributed by atoms with Gasteiger partial charge in [0.05, 0.1) is 18.6 Å². The van der Waals surface area contributed by atoms with Crippen LogP contribution in [-0.4, -0.2) is 46.5 Å². The Kier molecular flexibility index (Phi) is 10.2. The van der Waals surface area contributed by atoms with Gasteiger partial charge in [0.1, 0.15) is 0 Å². The number of amides is 1. The zero-order chi connectivity index (χ0) is 20.2. The van der Waals surface area contributed by atoms with Gasteiger partial charge in [-0.1, -0.05) is 72.4 Å². The van der Waals surface area contributed by atoms with Crippen molar-refractivity contribution < 1.29 is 14.7 Å². The molecule has 0 radical (unpaired) electrons. The van der Waals surface area contributed by atoms with Gasteiger partial charge in [-0.2, -0.15) is 11.8 Å². The molecule has 2 atom stereocenters. The largest absolute Gasteiger partial charge is 0.394 e. The first-order chi connectivity index (χ1) is 13.6. The number of carbonyl (C=O) groups excluding carboxylic acids is 2. The van der Waals surface area contributed by atoms with E-state index in [1.165, 1.54) is 11.8 Å². The van der Waals surface area contributed by atoms with E-state index in [9.17, 15) is 14.7 Å². The molecule has 150 valence electrons. The lowest BCUT2D eigenvalue weighted by Crippen LogP contribution is -2.42. The lowest BCUT2D eigenvalue weighted by atomic mass is 9.99. The van der Waals surface area contributed by atoms with Crippen LogP contribution < -0.4 is 5.32 Å². The van der Waals surface area contributed by atoms with E-state index in [0.29, 0.717) is 17.7 Å². The Labute approximate surface area is 175 Å². The molecule has 2 aromatic rings. The predicted octanol–water partition coefficient (Wildman–Crippen LogP) is 3.65. The summed E-state index contributed by atoms with van der Waals surface area (Å²) < 4.78 is 0. The Bertz CT molecular complexity index is 725. The van der Waals surface area contributed by atoms with Gasteiger partial charge in [-0.15, -0.1) is 0 Å². The standard InChI is InChI=1S/C22H27NO3S2/c1-27-13-12-20(15-24)23-21(25)19(14-17-8-4-2-5-9-17)16-28-22(26)18-10-6-3-7-11-18/h2-11,19-20,24H,12-16H2,1H3,(H,23,25)/t19-,20+/m1/s1. The molecule has 0 aliphatic rings. The molecule has 0 heterocycles. The maximum Gasteiger partial charge on any atom is 0.224 e. The maximum atomic E-state index is 12.9. The summed E-state index contributed by atoms with van der Waals surface area (Å²) in [6, 6.07) is 18.7. The molecule has 2 aromatic carbocycles. The third kappa shape index (κ3) is 7.70. The summed E-state index contributed by atoms with van der Waals surface area (Å²) in [5.74, 6) is 0.811. The number of rotatable bonds is 11. The first-order valence-electron chi connectivity index (χ1n) is 9.30. The van der Waals surface area contributed by atoms with Crippen LogP contribution in [0.1, 0.15) is 22.3 Å². The quantitative estimate of drug-likeness (QED) is 0.584. The van der Waals surface area contributed by atoms with Crippen LogP contribution in [0.15, 0.2) is 60.7 Å². The number of aliphatic hydroxyl groups is 1. The van der Waals surface area contributed by atoms with Gasteiger partial charge in [-0.05, 0) is 30.4 Å². The molecule has 0 saturated carbocycles. The summed E-state index contributed by atoms with van der Waals surface area (Å²) in [5.41, 5.74) is 1.69. The predicted molar refractivity (Wildman–Crippen MR) is 119 cm³/mol.